The van der Waals surface area contributed by atoms with Crippen molar-refractivity contribution in [3.8, 4) is 67.9 Å². The first kappa shape index (κ1) is 70.9. The molecule has 0 aromatic heterocycles. The Morgan fingerprint density at radius 3 is 0.848 bits per heavy atom. The van der Waals surface area contributed by atoms with Crippen molar-refractivity contribution in [2.45, 2.75) is 245 Å². The molecule has 6 heteroatoms. The van der Waals surface area contributed by atoms with E-state index in [1.165, 1.54) is 211 Å². The number of fused-ring (bicyclic) bond motifs is 2. The van der Waals surface area contributed by atoms with Crippen LogP contribution < -0.4 is 28.4 Å². The van der Waals surface area contributed by atoms with Gasteiger partial charge in [-0.25, -0.2) is 0 Å². The quantitative estimate of drug-likeness (QED) is 0.0354. The van der Waals surface area contributed by atoms with Crippen molar-refractivity contribution in [3.63, 3.8) is 0 Å². The zero-order chi connectivity index (χ0) is 63.9. The van der Waals surface area contributed by atoms with E-state index in [1.54, 1.807) is 0 Å². The van der Waals surface area contributed by atoms with Gasteiger partial charge in [0.2, 0.25) is 0 Å². The van der Waals surface area contributed by atoms with Crippen LogP contribution in [0.15, 0.2) is 170 Å². The van der Waals surface area contributed by atoms with Crippen LogP contribution in [0.4, 0.5) is 0 Å². The minimum Gasteiger partial charge on any atom is -0.494 e. The van der Waals surface area contributed by atoms with Gasteiger partial charge in [-0.05, 0) is 170 Å². The number of benzene rings is 8. The van der Waals surface area contributed by atoms with Gasteiger partial charge in [-0.15, -0.1) is 0 Å². The fourth-order valence-corrected chi connectivity index (χ4v) is 12.8. The molecule has 0 aliphatic carbocycles. The highest BCUT2D eigenvalue weighted by molar-refractivity contribution is 6.09. The fraction of sp³-hybridized carbons (Fsp3) is 0.488. The van der Waals surface area contributed by atoms with Crippen molar-refractivity contribution in [2.75, 3.05) is 26.4 Å². The van der Waals surface area contributed by atoms with Crippen LogP contribution in [0, 0.1) is 0 Å². The van der Waals surface area contributed by atoms with Crippen molar-refractivity contribution in [1.29, 1.82) is 0 Å². The largest absolute Gasteiger partial charge is 0.494 e. The Hall–Kier alpha value is -6.92. The van der Waals surface area contributed by atoms with Crippen LogP contribution in [0.3, 0.4) is 0 Å². The zero-order valence-electron chi connectivity index (χ0n) is 57.2. The highest BCUT2D eigenvalue weighted by Crippen LogP contribution is 2.46. The molecule has 494 valence electrons. The van der Waals surface area contributed by atoms with E-state index in [9.17, 15) is 0 Å². The van der Waals surface area contributed by atoms with Crippen molar-refractivity contribution >= 4 is 21.5 Å². The average molecular weight is 1240 g/mol. The number of hydrogen-bond acceptors (Lipinski definition) is 6. The van der Waals surface area contributed by atoms with E-state index in [1.807, 2.05) is 0 Å². The second kappa shape index (κ2) is 42.3. The number of rotatable bonds is 49. The second-order valence-corrected chi connectivity index (χ2v) is 26.1. The summed E-state index contributed by atoms with van der Waals surface area (Å²) < 4.78 is 38.2. The van der Waals surface area contributed by atoms with E-state index >= 15 is 0 Å². The van der Waals surface area contributed by atoms with Crippen LogP contribution >= 0.6 is 0 Å². The summed E-state index contributed by atoms with van der Waals surface area (Å²) in [6.45, 7) is 11.9. The van der Waals surface area contributed by atoms with Gasteiger partial charge in [-0.2, -0.15) is 0 Å². The molecule has 0 aliphatic heterocycles. The maximum Gasteiger partial charge on any atom is 0.127 e. The Labute approximate surface area is 556 Å². The van der Waals surface area contributed by atoms with Crippen molar-refractivity contribution in [2.24, 2.45) is 0 Å². The lowest BCUT2D eigenvalue weighted by Crippen LogP contribution is -2.11. The summed E-state index contributed by atoms with van der Waals surface area (Å²) in [5.41, 5.74) is 7.08. The van der Waals surface area contributed by atoms with Gasteiger partial charge < -0.3 is 28.4 Å². The van der Waals surface area contributed by atoms with Crippen molar-refractivity contribution in [3.05, 3.63) is 170 Å². The molecule has 8 aromatic carbocycles. The van der Waals surface area contributed by atoms with Crippen LogP contribution in [0.5, 0.6) is 34.5 Å². The van der Waals surface area contributed by atoms with Crippen LogP contribution in [0.1, 0.15) is 233 Å². The summed E-state index contributed by atoms with van der Waals surface area (Å²) in [6, 6.07) is 60.4. The van der Waals surface area contributed by atoms with Crippen LogP contribution in [0.25, 0.3) is 54.9 Å². The summed E-state index contributed by atoms with van der Waals surface area (Å²) in [7, 11) is 0. The third-order valence-corrected chi connectivity index (χ3v) is 18.3. The molecule has 0 saturated carbocycles. The van der Waals surface area contributed by atoms with Crippen molar-refractivity contribution < 1.29 is 28.4 Å². The zero-order valence-corrected chi connectivity index (χ0v) is 57.2. The van der Waals surface area contributed by atoms with E-state index in [-0.39, 0.29) is 12.2 Å². The molecule has 2 atom stereocenters. The summed E-state index contributed by atoms with van der Waals surface area (Å²) in [5, 5.41) is 4.83. The van der Waals surface area contributed by atoms with E-state index in [2.05, 4.69) is 198 Å². The van der Waals surface area contributed by atoms with Gasteiger partial charge in [0.25, 0.3) is 0 Å². The Bertz CT molecular complexity index is 3000. The Kier molecular flexibility index (Phi) is 32.6. The Morgan fingerprint density at radius 2 is 0.522 bits per heavy atom. The molecular formula is C86H114O6. The number of ether oxygens (including phenoxy) is 6. The first-order valence-electron chi connectivity index (χ1n) is 36.7. The monoisotopic (exact) mass is 1240 g/mol. The Balaban J connectivity index is 0.657. The minimum absolute atomic E-state index is 0.247. The third kappa shape index (κ3) is 25.2. The Morgan fingerprint density at radius 1 is 0.250 bits per heavy atom. The van der Waals surface area contributed by atoms with Gasteiger partial charge in [0, 0.05) is 11.1 Å². The molecule has 0 fully saturated rings. The molecule has 0 bridgehead atoms. The molecule has 0 spiro atoms. The molecule has 0 unspecified atom stereocenters. The molecule has 0 heterocycles. The predicted octanol–water partition coefficient (Wildman–Crippen LogP) is 26.0. The highest BCUT2D eigenvalue weighted by atomic mass is 16.5. The predicted molar refractivity (Wildman–Crippen MR) is 392 cm³/mol. The molecular weight excluding hydrogens is 1130 g/mol. The molecule has 0 amide bonds. The lowest BCUT2D eigenvalue weighted by molar-refractivity contribution is 0.206. The van der Waals surface area contributed by atoms with E-state index in [4.69, 9.17) is 28.4 Å². The maximum absolute atomic E-state index is 6.77. The lowest BCUT2D eigenvalue weighted by Gasteiger charge is -2.20. The minimum atomic E-state index is 0.247. The summed E-state index contributed by atoms with van der Waals surface area (Å²) in [5.74, 6) is 5.68. The van der Waals surface area contributed by atoms with E-state index < -0.39 is 0 Å². The average Bonchev–Trinajstić information content (AvgIpc) is 0.762. The summed E-state index contributed by atoms with van der Waals surface area (Å²) >= 11 is 0. The third-order valence-electron chi connectivity index (χ3n) is 18.3. The topological polar surface area (TPSA) is 55.4 Å². The molecule has 8 aromatic rings. The van der Waals surface area contributed by atoms with Crippen LogP contribution in [0.2, 0.25) is 0 Å². The van der Waals surface area contributed by atoms with Crippen LogP contribution in [-0.4, -0.2) is 38.6 Å². The maximum atomic E-state index is 6.77. The smallest absolute Gasteiger partial charge is 0.127 e. The molecule has 92 heavy (non-hydrogen) atoms. The second-order valence-electron chi connectivity index (χ2n) is 26.1. The van der Waals surface area contributed by atoms with Gasteiger partial charge in [0.05, 0.1) is 38.6 Å². The summed E-state index contributed by atoms with van der Waals surface area (Å²) in [6.07, 6.45) is 40.3. The van der Waals surface area contributed by atoms with Crippen molar-refractivity contribution in [1.82, 2.24) is 0 Å². The standard InChI is InChI=1S/C86H114O6/c1-5-7-9-23-29-39-69(3)91-79-59-49-73(50-60-79)71-45-55-77(56-46-71)87-65-35-25-19-15-11-13-17-21-27-37-67-89-83-63-53-75-41-31-33-43-81(75)85(83)86-82-44-34-32-42-76(82)54-64-84(86)90-68-38-28-22-18-14-12-16-20-26-36-66-88-78-57-47-72(48-58-78)74-51-61-80(62-52-74)92-70(4)40-30-24-10-8-6-2/h31-34,41-64,69-70H,5-30,35-40,65-68H2,1-4H3/t69-,70-/m1/s1. The fourth-order valence-electron chi connectivity index (χ4n) is 12.8. The normalized spacial score (nSPS) is 12.1. The lowest BCUT2D eigenvalue weighted by atomic mass is 9.92. The number of unbranched alkanes of at least 4 members (excludes halogenated alkanes) is 26. The van der Waals surface area contributed by atoms with Gasteiger partial charge in [-0.3, -0.25) is 0 Å². The van der Waals surface area contributed by atoms with Gasteiger partial charge >= 0.3 is 0 Å². The van der Waals surface area contributed by atoms with Gasteiger partial charge in [0.15, 0.2) is 0 Å². The highest BCUT2D eigenvalue weighted by Gasteiger charge is 2.20. The molecule has 0 aliphatic rings. The van der Waals surface area contributed by atoms with Gasteiger partial charge in [-0.1, -0.05) is 277 Å². The van der Waals surface area contributed by atoms with E-state index in [0.29, 0.717) is 13.2 Å². The molecule has 0 N–H and O–H groups in total. The first-order chi connectivity index (χ1) is 45.4. The van der Waals surface area contributed by atoms with E-state index in [0.717, 1.165) is 97.4 Å². The van der Waals surface area contributed by atoms with Crippen LogP contribution in [-0.2, 0) is 0 Å². The molecule has 0 saturated heterocycles. The first-order valence-corrected chi connectivity index (χ1v) is 36.7. The number of hydrogen-bond donors (Lipinski definition) is 0. The van der Waals surface area contributed by atoms with Gasteiger partial charge in [0.1, 0.15) is 34.5 Å². The molecule has 0 radical (unpaired) electrons. The molecule has 8 rings (SSSR count). The summed E-state index contributed by atoms with van der Waals surface area (Å²) in [4.78, 5) is 0. The molecule has 6 nitrogen and oxygen atoms in total. The SMILES string of the molecule is CCCCCCC[C@@H](C)Oc1ccc(-c2ccc(OCCCCCCCCCCCCOc3ccc4ccccc4c3-c3c(OCCCCCCCCCCCCOc4ccc(-c5ccc(O[C@H](C)CCCCCCC)cc5)cc4)ccc4ccccc34)cc2)cc1.